The van der Waals surface area contributed by atoms with Gasteiger partial charge in [-0.2, -0.15) is 5.10 Å². The summed E-state index contributed by atoms with van der Waals surface area (Å²) in [5.74, 6) is -0.747. The first-order chi connectivity index (χ1) is 11.9. The van der Waals surface area contributed by atoms with Gasteiger partial charge in [0.1, 0.15) is 0 Å². The van der Waals surface area contributed by atoms with Gasteiger partial charge in [-0.05, 0) is 30.3 Å². The Labute approximate surface area is 158 Å². The Kier molecular flexibility index (Phi) is 5.01. The molecule has 3 N–H and O–H groups in total. The third-order valence-corrected chi connectivity index (χ3v) is 4.42. The first-order valence-electron chi connectivity index (χ1n) is 7.16. The Hall–Kier alpha value is -2.05. The second-order valence-electron chi connectivity index (χ2n) is 5.21. The van der Waals surface area contributed by atoms with E-state index in [4.69, 9.17) is 40.5 Å². The smallest absolute Gasteiger partial charge is 0.269 e. The van der Waals surface area contributed by atoms with Crippen LogP contribution in [0.25, 0.3) is 16.9 Å². The third-order valence-electron chi connectivity index (χ3n) is 3.63. The summed E-state index contributed by atoms with van der Waals surface area (Å²) in [5, 5.41) is 15.4. The molecule has 25 heavy (non-hydrogen) atoms. The van der Waals surface area contributed by atoms with Crippen LogP contribution in [0.5, 0.6) is 0 Å². The van der Waals surface area contributed by atoms with Crippen LogP contribution in [0, 0.1) is 0 Å². The molecular weight excluding hydrogens is 385 g/mol. The van der Waals surface area contributed by atoms with E-state index in [-0.39, 0.29) is 5.69 Å². The Morgan fingerprint density at radius 2 is 1.72 bits per heavy atom. The van der Waals surface area contributed by atoms with Crippen molar-refractivity contribution in [3.8, 4) is 16.9 Å². The maximum absolute atomic E-state index is 11.8. The van der Waals surface area contributed by atoms with Gasteiger partial charge in [-0.1, -0.05) is 46.9 Å². The van der Waals surface area contributed by atoms with Gasteiger partial charge >= 0.3 is 0 Å². The zero-order chi connectivity index (χ0) is 18.1. The van der Waals surface area contributed by atoms with Gasteiger partial charge in [0, 0.05) is 21.2 Å². The number of halogens is 3. The minimum atomic E-state index is -0.747. The van der Waals surface area contributed by atoms with E-state index in [2.05, 4.69) is 5.10 Å². The lowest BCUT2D eigenvalue weighted by Gasteiger charge is -2.11. The third kappa shape index (κ3) is 3.37. The quantitative estimate of drug-likeness (QED) is 0.697. The Morgan fingerprint density at radius 1 is 1.08 bits per heavy atom. The van der Waals surface area contributed by atoms with Crippen LogP contribution >= 0.6 is 34.8 Å². The first kappa shape index (κ1) is 17.8. The lowest BCUT2D eigenvalue weighted by atomic mass is 10.1. The number of hydrogen-bond donors (Lipinski definition) is 2. The molecule has 0 bridgehead atoms. The fourth-order valence-electron chi connectivity index (χ4n) is 2.53. The number of aliphatic hydroxyl groups excluding tert-OH is 1. The van der Waals surface area contributed by atoms with Gasteiger partial charge in [0.2, 0.25) is 0 Å². The fourth-order valence-corrected chi connectivity index (χ4v) is 3.14. The lowest BCUT2D eigenvalue weighted by molar-refractivity contribution is 0.0992. The van der Waals surface area contributed by atoms with Crippen molar-refractivity contribution in [2.75, 3.05) is 0 Å². The molecule has 128 valence electrons. The van der Waals surface area contributed by atoms with Crippen molar-refractivity contribution in [1.29, 1.82) is 0 Å². The highest BCUT2D eigenvalue weighted by Gasteiger charge is 2.23. The molecular formula is C17H12Cl3N3O2. The summed E-state index contributed by atoms with van der Waals surface area (Å²) in [6.07, 6.45) is 0. The molecule has 0 aliphatic carbocycles. The van der Waals surface area contributed by atoms with Crippen molar-refractivity contribution in [3.05, 3.63) is 68.8 Å². The van der Waals surface area contributed by atoms with Gasteiger partial charge in [0.05, 0.1) is 23.0 Å². The second kappa shape index (κ2) is 7.06. The summed E-state index contributed by atoms with van der Waals surface area (Å²) in [6.45, 7) is -0.415. The number of carbonyl (C=O) groups is 1. The molecule has 1 heterocycles. The first-order valence-corrected chi connectivity index (χ1v) is 8.29. The van der Waals surface area contributed by atoms with Crippen molar-refractivity contribution in [2.45, 2.75) is 6.61 Å². The molecule has 0 spiro atoms. The molecule has 2 aromatic carbocycles. The maximum atomic E-state index is 11.8. The maximum Gasteiger partial charge on any atom is 0.269 e. The number of nitrogens with zero attached hydrogens (tertiary/aromatic N) is 2. The highest BCUT2D eigenvalue weighted by molar-refractivity contribution is 6.35. The SMILES string of the molecule is NC(=O)c1nn(-c2ccc(Cl)cc2Cl)c(-c2ccc(Cl)cc2)c1CO. The predicted molar refractivity (Wildman–Crippen MR) is 98.5 cm³/mol. The van der Waals surface area contributed by atoms with E-state index in [1.807, 2.05) is 0 Å². The van der Waals surface area contributed by atoms with Crippen molar-refractivity contribution in [2.24, 2.45) is 5.73 Å². The van der Waals surface area contributed by atoms with Crippen LogP contribution in [0.1, 0.15) is 16.1 Å². The highest BCUT2D eigenvalue weighted by atomic mass is 35.5. The average Bonchev–Trinajstić information content (AvgIpc) is 2.95. The number of hydrogen-bond acceptors (Lipinski definition) is 3. The van der Waals surface area contributed by atoms with E-state index >= 15 is 0 Å². The van der Waals surface area contributed by atoms with Gasteiger partial charge in [0.15, 0.2) is 5.69 Å². The molecule has 8 heteroatoms. The Morgan fingerprint density at radius 3 is 2.28 bits per heavy atom. The van der Waals surface area contributed by atoms with Crippen LogP contribution in [0.3, 0.4) is 0 Å². The number of aromatic nitrogens is 2. The molecule has 0 aliphatic rings. The van der Waals surface area contributed by atoms with E-state index in [0.29, 0.717) is 37.6 Å². The number of amides is 1. The summed E-state index contributed by atoms with van der Waals surface area (Å²) >= 11 is 18.2. The molecule has 5 nitrogen and oxygen atoms in total. The molecule has 0 saturated heterocycles. The molecule has 0 saturated carbocycles. The molecule has 0 fully saturated rings. The average molecular weight is 397 g/mol. The molecule has 3 aromatic rings. The minimum Gasteiger partial charge on any atom is -0.392 e. The molecule has 3 rings (SSSR count). The van der Waals surface area contributed by atoms with E-state index in [9.17, 15) is 9.90 Å². The molecule has 0 aliphatic heterocycles. The number of benzene rings is 2. The lowest BCUT2D eigenvalue weighted by Crippen LogP contribution is -2.14. The summed E-state index contributed by atoms with van der Waals surface area (Å²) < 4.78 is 1.47. The Bertz CT molecular complexity index is 953. The standard InChI is InChI=1S/C17H12Cl3N3O2/c18-10-3-1-9(2-4-10)16-12(8-24)15(17(21)25)22-23(16)14-6-5-11(19)7-13(14)20/h1-7,24H,8H2,(H2,21,25). The van der Waals surface area contributed by atoms with Gasteiger partial charge in [-0.15, -0.1) is 0 Å². The van der Waals surface area contributed by atoms with Crippen LogP contribution in [-0.4, -0.2) is 20.8 Å². The molecule has 0 atom stereocenters. The molecule has 1 amide bonds. The van der Waals surface area contributed by atoms with E-state index in [1.165, 1.54) is 4.68 Å². The van der Waals surface area contributed by atoms with Gasteiger partial charge in [0.25, 0.3) is 5.91 Å². The normalized spacial score (nSPS) is 10.9. The fraction of sp³-hybridized carbons (Fsp3) is 0.0588. The van der Waals surface area contributed by atoms with E-state index < -0.39 is 12.5 Å². The molecule has 0 radical (unpaired) electrons. The van der Waals surface area contributed by atoms with Gasteiger partial charge in [-0.25, -0.2) is 4.68 Å². The topological polar surface area (TPSA) is 81.1 Å². The summed E-state index contributed by atoms with van der Waals surface area (Å²) in [4.78, 5) is 11.8. The zero-order valence-corrected chi connectivity index (χ0v) is 15.0. The van der Waals surface area contributed by atoms with Crippen molar-refractivity contribution in [3.63, 3.8) is 0 Å². The largest absolute Gasteiger partial charge is 0.392 e. The van der Waals surface area contributed by atoms with Gasteiger partial charge in [-0.3, -0.25) is 4.79 Å². The van der Waals surface area contributed by atoms with Crippen LogP contribution in [0.2, 0.25) is 15.1 Å². The summed E-state index contributed by atoms with van der Waals surface area (Å²) in [5.41, 5.74) is 7.38. The van der Waals surface area contributed by atoms with Crippen LogP contribution in [0.4, 0.5) is 0 Å². The van der Waals surface area contributed by atoms with Crippen LogP contribution in [-0.2, 0) is 6.61 Å². The number of primary amides is 1. The monoisotopic (exact) mass is 395 g/mol. The number of nitrogens with two attached hydrogens (primary N) is 1. The van der Waals surface area contributed by atoms with Gasteiger partial charge < -0.3 is 10.8 Å². The zero-order valence-electron chi connectivity index (χ0n) is 12.7. The predicted octanol–water partition coefficient (Wildman–Crippen LogP) is 4.09. The second-order valence-corrected chi connectivity index (χ2v) is 6.49. The summed E-state index contributed by atoms with van der Waals surface area (Å²) in [7, 11) is 0. The van der Waals surface area contributed by atoms with Crippen molar-refractivity contribution in [1.82, 2.24) is 9.78 Å². The number of rotatable bonds is 4. The van der Waals surface area contributed by atoms with E-state index in [1.54, 1.807) is 42.5 Å². The van der Waals surface area contributed by atoms with Crippen LogP contribution in [0.15, 0.2) is 42.5 Å². The highest BCUT2D eigenvalue weighted by Crippen LogP contribution is 2.33. The van der Waals surface area contributed by atoms with E-state index in [0.717, 1.165) is 0 Å². The van der Waals surface area contributed by atoms with Crippen molar-refractivity contribution < 1.29 is 9.90 Å². The number of aliphatic hydroxyl groups is 1. The van der Waals surface area contributed by atoms with Crippen LogP contribution < -0.4 is 5.73 Å². The molecule has 0 unspecified atom stereocenters. The minimum absolute atomic E-state index is 0.0292. The van der Waals surface area contributed by atoms with Crippen molar-refractivity contribution >= 4 is 40.7 Å². The number of carbonyl (C=O) groups excluding carboxylic acids is 1. The molecule has 1 aromatic heterocycles. The summed E-state index contributed by atoms with van der Waals surface area (Å²) in [6, 6.07) is 11.8. The Balaban J connectivity index is 2.34.